The molecule has 1 fully saturated rings. The smallest absolute Gasteiger partial charge is 0.250 e. The number of anilines is 2. The van der Waals surface area contributed by atoms with Crippen molar-refractivity contribution in [2.24, 2.45) is 11.5 Å². The Balaban J connectivity index is 1.59. The van der Waals surface area contributed by atoms with Crippen molar-refractivity contribution >= 4 is 23.1 Å². The van der Waals surface area contributed by atoms with E-state index in [0.717, 1.165) is 37.2 Å². The van der Waals surface area contributed by atoms with Gasteiger partial charge < -0.3 is 22.1 Å². The third-order valence-corrected chi connectivity index (χ3v) is 5.53. The van der Waals surface area contributed by atoms with Crippen LogP contribution in [0, 0.1) is 0 Å². The van der Waals surface area contributed by atoms with Crippen LogP contribution in [0.15, 0.2) is 48.9 Å². The van der Waals surface area contributed by atoms with Gasteiger partial charge in [0.2, 0.25) is 5.91 Å². The van der Waals surface area contributed by atoms with Crippen molar-refractivity contribution in [3.8, 4) is 11.4 Å². The molecule has 4 heterocycles. The summed E-state index contributed by atoms with van der Waals surface area (Å²) in [6.07, 6.45) is 6.92. The number of nitrogens with two attached hydrogens (primary N) is 3. The van der Waals surface area contributed by atoms with Gasteiger partial charge in [-0.15, -0.1) is 0 Å². The third-order valence-electron chi connectivity index (χ3n) is 5.53. The Kier molecular flexibility index (Phi) is 6.09. The lowest BCUT2D eigenvalue weighted by atomic mass is 10.0. The highest BCUT2D eigenvalue weighted by Gasteiger charge is 2.22. The quantitative estimate of drug-likeness (QED) is 0.497. The molecule has 3 aromatic heterocycles. The van der Waals surface area contributed by atoms with Gasteiger partial charge in [-0.3, -0.25) is 19.6 Å². The van der Waals surface area contributed by atoms with E-state index < -0.39 is 5.91 Å². The molecule has 1 aliphatic rings. The van der Waals surface area contributed by atoms with E-state index in [0.29, 0.717) is 17.0 Å². The molecule has 0 radical (unpaired) electrons. The highest BCUT2D eigenvalue weighted by Crippen LogP contribution is 2.26. The first kappa shape index (κ1) is 21.4. The number of hydrogen-bond acceptors (Lipinski definition) is 8. The van der Waals surface area contributed by atoms with E-state index in [1.165, 1.54) is 6.20 Å². The molecule has 0 bridgehead atoms. The average Bonchev–Trinajstić information content (AvgIpc) is 2.80. The van der Waals surface area contributed by atoms with Gasteiger partial charge in [-0.2, -0.15) is 0 Å². The third kappa shape index (κ3) is 4.57. The summed E-state index contributed by atoms with van der Waals surface area (Å²) in [5, 5.41) is 0. The average molecular weight is 432 g/mol. The summed E-state index contributed by atoms with van der Waals surface area (Å²) in [6, 6.07) is 8.54. The molecule has 164 valence electrons. The lowest BCUT2D eigenvalue weighted by Crippen LogP contribution is -2.43. The lowest BCUT2D eigenvalue weighted by Gasteiger charge is -2.33. The van der Waals surface area contributed by atoms with Crippen molar-refractivity contribution in [1.29, 1.82) is 0 Å². The van der Waals surface area contributed by atoms with Crippen LogP contribution in [0.1, 0.15) is 39.3 Å². The minimum atomic E-state index is -0.563. The van der Waals surface area contributed by atoms with Crippen molar-refractivity contribution in [2.45, 2.75) is 25.3 Å². The van der Waals surface area contributed by atoms with Crippen LogP contribution in [0.2, 0.25) is 0 Å². The summed E-state index contributed by atoms with van der Waals surface area (Å²) >= 11 is 0. The first-order valence-electron chi connectivity index (χ1n) is 10.4. The number of piperidine rings is 1. The molecule has 0 aromatic carbocycles. The van der Waals surface area contributed by atoms with Crippen LogP contribution in [0.25, 0.3) is 11.4 Å². The molecule has 6 N–H and O–H groups in total. The Morgan fingerprint density at radius 2 is 1.91 bits per heavy atom. The lowest BCUT2D eigenvalue weighted by molar-refractivity contribution is 0.0985. The molecule has 1 amide bonds. The summed E-state index contributed by atoms with van der Waals surface area (Å²) in [7, 11) is 0. The van der Waals surface area contributed by atoms with Gasteiger partial charge in [0, 0.05) is 55.4 Å². The highest BCUT2D eigenvalue weighted by molar-refractivity contribution is 6.01. The van der Waals surface area contributed by atoms with E-state index >= 15 is 0 Å². The number of nitrogen functional groups attached to an aromatic ring is 1. The topological polar surface area (TPSA) is 154 Å². The molecule has 9 nitrogen and oxygen atoms in total. The zero-order valence-electron chi connectivity index (χ0n) is 17.6. The molecule has 3 aromatic rings. The monoisotopic (exact) mass is 431 g/mol. The highest BCUT2D eigenvalue weighted by atomic mass is 16.1. The number of nitrogens with zero attached hydrogens (tertiary/aromatic N) is 4. The second-order valence-electron chi connectivity index (χ2n) is 7.88. The standard InChI is InChI=1S/C23H25N7O2/c24-16-2-1-9-30(13-16)20-7-8-27-11-15(20)10-21(31)22-17(25)4-6-19(29-22)18-5-3-14(12-28-18)23(26)32/h3-8,11-12,16H,1-2,9-10,13,24-25H2,(H2,26,32)/t16-/m0/s1. The molecule has 1 aliphatic heterocycles. The van der Waals surface area contributed by atoms with Crippen LogP contribution >= 0.6 is 0 Å². The van der Waals surface area contributed by atoms with E-state index in [-0.39, 0.29) is 29.6 Å². The first-order chi connectivity index (χ1) is 15.4. The molecule has 4 rings (SSSR count). The van der Waals surface area contributed by atoms with Gasteiger partial charge in [0.1, 0.15) is 5.69 Å². The number of primary amides is 1. The van der Waals surface area contributed by atoms with Gasteiger partial charge in [0.15, 0.2) is 5.78 Å². The minimum Gasteiger partial charge on any atom is -0.397 e. The van der Waals surface area contributed by atoms with E-state index in [1.807, 2.05) is 6.07 Å². The Morgan fingerprint density at radius 3 is 2.62 bits per heavy atom. The van der Waals surface area contributed by atoms with E-state index in [2.05, 4.69) is 19.9 Å². The molecule has 32 heavy (non-hydrogen) atoms. The predicted molar refractivity (Wildman–Crippen MR) is 122 cm³/mol. The maximum atomic E-state index is 13.2. The summed E-state index contributed by atoms with van der Waals surface area (Å²) < 4.78 is 0. The molecule has 9 heteroatoms. The van der Waals surface area contributed by atoms with Crippen molar-refractivity contribution in [2.75, 3.05) is 23.7 Å². The largest absolute Gasteiger partial charge is 0.397 e. The number of ketones is 1. The zero-order chi connectivity index (χ0) is 22.7. The first-order valence-corrected chi connectivity index (χ1v) is 10.4. The summed E-state index contributed by atoms with van der Waals surface area (Å²) in [5.41, 5.74) is 21.0. The number of amides is 1. The number of pyridine rings is 3. The second-order valence-corrected chi connectivity index (χ2v) is 7.88. The van der Waals surface area contributed by atoms with Crippen LogP contribution < -0.4 is 22.1 Å². The summed E-state index contributed by atoms with van der Waals surface area (Å²) in [4.78, 5) is 39.5. The number of aromatic nitrogens is 3. The molecule has 0 aliphatic carbocycles. The number of carbonyl (C=O) groups excluding carboxylic acids is 2. The van der Waals surface area contributed by atoms with Gasteiger partial charge in [0.05, 0.1) is 22.6 Å². The maximum Gasteiger partial charge on any atom is 0.250 e. The van der Waals surface area contributed by atoms with Crippen LogP contribution in [-0.4, -0.2) is 45.8 Å². The van der Waals surface area contributed by atoms with Crippen molar-refractivity contribution in [1.82, 2.24) is 15.0 Å². The molecule has 0 saturated carbocycles. The molecule has 0 unspecified atom stereocenters. The van der Waals surface area contributed by atoms with Crippen LogP contribution in [-0.2, 0) is 6.42 Å². The minimum absolute atomic E-state index is 0.114. The van der Waals surface area contributed by atoms with E-state index in [9.17, 15) is 9.59 Å². The van der Waals surface area contributed by atoms with Crippen LogP contribution in [0.5, 0.6) is 0 Å². The van der Waals surface area contributed by atoms with E-state index in [1.54, 1.807) is 36.7 Å². The Hall–Kier alpha value is -3.85. The van der Waals surface area contributed by atoms with Crippen LogP contribution in [0.4, 0.5) is 11.4 Å². The van der Waals surface area contributed by atoms with Crippen molar-refractivity contribution < 1.29 is 9.59 Å². The van der Waals surface area contributed by atoms with E-state index in [4.69, 9.17) is 17.2 Å². The second kappa shape index (κ2) is 9.11. The molecule has 0 spiro atoms. The van der Waals surface area contributed by atoms with Crippen LogP contribution in [0.3, 0.4) is 0 Å². The Labute approximate surface area is 185 Å². The fourth-order valence-electron chi connectivity index (χ4n) is 3.88. The van der Waals surface area contributed by atoms with Gasteiger partial charge in [0.25, 0.3) is 0 Å². The molecule has 1 atom stereocenters. The van der Waals surface area contributed by atoms with Gasteiger partial charge in [-0.05, 0) is 43.2 Å². The predicted octanol–water partition coefficient (Wildman–Crippen LogP) is 1.57. The van der Waals surface area contributed by atoms with Crippen molar-refractivity contribution in [3.63, 3.8) is 0 Å². The fourth-order valence-corrected chi connectivity index (χ4v) is 3.88. The Morgan fingerprint density at radius 1 is 1.09 bits per heavy atom. The van der Waals surface area contributed by atoms with Gasteiger partial charge >= 0.3 is 0 Å². The number of rotatable bonds is 6. The SMILES string of the molecule is NC(=O)c1ccc(-c2ccc(N)c(C(=O)Cc3cnccc3N3CCC[C@H](N)C3)n2)nc1. The molecular weight excluding hydrogens is 406 g/mol. The van der Waals surface area contributed by atoms with Crippen molar-refractivity contribution in [3.05, 3.63) is 65.7 Å². The number of Topliss-reactive ketones (excluding diaryl/α,β-unsaturated/α-hetero) is 1. The van der Waals surface area contributed by atoms with Gasteiger partial charge in [-0.1, -0.05) is 0 Å². The number of hydrogen-bond donors (Lipinski definition) is 3. The molecular formula is C23H25N7O2. The summed E-state index contributed by atoms with van der Waals surface area (Å²) in [6.45, 7) is 1.63. The summed E-state index contributed by atoms with van der Waals surface area (Å²) in [5.74, 6) is -0.777. The molecule has 1 saturated heterocycles. The maximum absolute atomic E-state index is 13.2. The Bertz CT molecular complexity index is 1150. The normalized spacial score (nSPS) is 16.0. The number of carbonyl (C=O) groups is 2. The zero-order valence-corrected chi connectivity index (χ0v) is 17.6. The van der Waals surface area contributed by atoms with Gasteiger partial charge in [-0.25, -0.2) is 4.98 Å². The fraction of sp³-hybridized carbons (Fsp3) is 0.261.